The second-order valence-corrected chi connectivity index (χ2v) is 6.14. The van der Waals surface area contributed by atoms with Crippen LogP contribution >= 0.6 is 0 Å². The zero-order valence-corrected chi connectivity index (χ0v) is 13.6. The van der Waals surface area contributed by atoms with E-state index in [9.17, 15) is 10.1 Å². The van der Waals surface area contributed by atoms with Crippen LogP contribution in [0.15, 0.2) is 30.5 Å². The fourth-order valence-corrected chi connectivity index (χ4v) is 3.18. The first kappa shape index (κ1) is 16.5. The van der Waals surface area contributed by atoms with Gasteiger partial charge in [0.25, 0.3) is 5.91 Å². The minimum absolute atomic E-state index is 0.0478. The van der Waals surface area contributed by atoms with E-state index in [1.54, 1.807) is 35.1 Å². The fourth-order valence-electron chi connectivity index (χ4n) is 3.18. The zero-order chi connectivity index (χ0) is 17.8. The van der Waals surface area contributed by atoms with Crippen LogP contribution in [0.4, 0.5) is 11.5 Å². The van der Waals surface area contributed by atoms with Crippen molar-refractivity contribution in [2.75, 3.05) is 5.32 Å². The molecule has 0 radical (unpaired) electrons. The molecule has 1 aliphatic rings. The van der Waals surface area contributed by atoms with Gasteiger partial charge in [0, 0.05) is 11.9 Å². The lowest BCUT2D eigenvalue weighted by atomic mass is 9.85. The van der Waals surface area contributed by atoms with Gasteiger partial charge in [-0.2, -0.15) is 15.6 Å². The van der Waals surface area contributed by atoms with Crippen molar-refractivity contribution in [3.05, 3.63) is 41.6 Å². The number of nitriles is 2. The molecule has 7 nitrogen and oxygen atoms in total. The Hall–Kier alpha value is -3.32. The first-order chi connectivity index (χ1) is 12.1. The van der Waals surface area contributed by atoms with Gasteiger partial charge in [-0.1, -0.05) is 12.8 Å². The highest BCUT2D eigenvalue weighted by Gasteiger charge is 2.28. The number of carbonyl (C=O) groups excluding carboxylic acids is 1. The largest absolute Gasteiger partial charge is 0.365 e. The van der Waals surface area contributed by atoms with E-state index in [0.717, 1.165) is 25.7 Å². The first-order valence-electron chi connectivity index (χ1n) is 8.18. The van der Waals surface area contributed by atoms with Crippen molar-refractivity contribution >= 4 is 17.4 Å². The molecule has 0 unspecified atom stereocenters. The predicted octanol–water partition coefficient (Wildman–Crippen LogP) is 2.85. The normalized spacial score (nSPS) is 19.6. The van der Waals surface area contributed by atoms with Crippen molar-refractivity contribution in [3.63, 3.8) is 0 Å². The molecule has 3 rings (SSSR count). The molecule has 0 saturated heterocycles. The van der Waals surface area contributed by atoms with Crippen LogP contribution in [-0.2, 0) is 0 Å². The summed E-state index contributed by atoms with van der Waals surface area (Å²) in [4.78, 5) is 11.8. The molecule has 0 spiro atoms. The smallest absolute Gasteiger partial charge is 0.254 e. The Bertz CT molecular complexity index is 855. The lowest BCUT2D eigenvalue weighted by Gasteiger charge is -2.26. The summed E-state index contributed by atoms with van der Waals surface area (Å²) in [5.74, 6) is -0.330. The van der Waals surface area contributed by atoms with Crippen molar-refractivity contribution in [2.45, 2.75) is 31.7 Å². The van der Waals surface area contributed by atoms with Crippen LogP contribution in [0, 0.1) is 28.6 Å². The van der Waals surface area contributed by atoms with Gasteiger partial charge in [-0.05, 0) is 37.1 Å². The molecule has 25 heavy (non-hydrogen) atoms. The van der Waals surface area contributed by atoms with E-state index in [-0.39, 0.29) is 17.5 Å². The summed E-state index contributed by atoms with van der Waals surface area (Å²) in [6.45, 7) is 0. The molecule has 1 heterocycles. The minimum atomic E-state index is -0.577. The maximum atomic E-state index is 11.8. The molecule has 1 amide bonds. The number of aromatic nitrogens is 2. The SMILES string of the molecule is N#Cc1ccc(Nc2nn([C@H]3CCCC[C@@H]3C#N)cc2C(N)=O)cc1. The number of rotatable bonds is 4. The number of amides is 1. The summed E-state index contributed by atoms with van der Waals surface area (Å²) in [6.07, 6.45) is 5.39. The van der Waals surface area contributed by atoms with Crippen molar-refractivity contribution < 1.29 is 4.79 Å². The zero-order valence-electron chi connectivity index (χ0n) is 13.6. The Balaban J connectivity index is 1.90. The predicted molar refractivity (Wildman–Crippen MR) is 91.8 cm³/mol. The summed E-state index contributed by atoms with van der Waals surface area (Å²) in [5.41, 5.74) is 7.02. The molecule has 1 aromatic carbocycles. The number of anilines is 2. The molecule has 2 atom stereocenters. The van der Waals surface area contributed by atoms with Crippen LogP contribution < -0.4 is 11.1 Å². The number of nitrogens with one attached hydrogen (secondary N) is 1. The van der Waals surface area contributed by atoms with Crippen LogP contribution in [0.3, 0.4) is 0 Å². The molecule has 3 N–H and O–H groups in total. The number of primary amides is 1. The number of carbonyl (C=O) groups is 1. The van der Waals surface area contributed by atoms with Gasteiger partial charge in [0.05, 0.1) is 29.7 Å². The molecule has 1 aliphatic carbocycles. The van der Waals surface area contributed by atoms with E-state index in [4.69, 9.17) is 11.0 Å². The second kappa shape index (κ2) is 7.06. The van der Waals surface area contributed by atoms with Crippen LogP contribution in [0.25, 0.3) is 0 Å². The van der Waals surface area contributed by atoms with Crippen molar-refractivity contribution in [2.24, 2.45) is 11.7 Å². The van der Waals surface area contributed by atoms with E-state index in [0.29, 0.717) is 17.1 Å². The minimum Gasteiger partial charge on any atom is -0.365 e. The number of benzene rings is 1. The van der Waals surface area contributed by atoms with Crippen LogP contribution in [0.2, 0.25) is 0 Å². The second-order valence-electron chi connectivity index (χ2n) is 6.14. The van der Waals surface area contributed by atoms with Crippen LogP contribution in [-0.4, -0.2) is 15.7 Å². The molecule has 0 aliphatic heterocycles. The summed E-state index contributed by atoms with van der Waals surface area (Å²) in [6, 6.07) is 11.2. The maximum Gasteiger partial charge on any atom is 0.254 e. The van der Waals surface area contributed by atoms with E-state index < -0.39 is 5.91 Å². The van der Waals surface area contributed by atoms with E-state index in [1.807, 2.05) is 0 Å². The monoisotopic (exact) mass is 334 g/mol. The van der Waals surface area contributed by atoms with Crippen molar-refractivity contribution in [3.8, 4) is 12.1 Å². The number of nitrogens with zero attached hydrogens (tertiary/aromatic N) is 4. The number of hydrogen-bond donors (Lipinski definition) is 2. The summed E-state index contributed by atoms with van der Waals surface area (Å²) < 4.78 is 1.69. The van der Waals surface area contributed by atoms with E-state index in [1.165, 1.54) is 0 Å². The summed E-state index contributed by atoms with van der Waals surface area (Å²) in [5, 5.41) is 25.8. The number of hydrogen-bond acceptors (Lipinski definition) is 5. The van der Waals surface area contributed by atoms with Gasteiger partial charge in [0.2, 0.25) is 0 Å². The topological polar surface area (TPSA) is 121 Å². The maximum absolute atomic E-state index is 11.8. The molecule has 7 heteroatoms. The highest BCUT2D eigenvalue weighted by atomic mass is 16.1. The van der Waals surface area contributed by atoms with Crippen molar-refractivity contribution in [1.29, 1.82) is 10.5 Å². The third kappa shape index (κ3) is 3.46. The van der Waals surface area contributed by atoms with Gasteiger partial charge in [-0.3, -0.25) is 9.48 Å². The number of nitrogens with two attached hydrogens (primary N) is 1. The molecular formula is C18H18N6O. The lowest BCUT2D eigenvalue weighted by Crippen LogP contribution is -2.22. The Kier molecular flexibility index (Phi) is 4.67. The van der Waals surface area contributed by atoms with Gasteiger partial charge < -0.3 is 11.1 Å². The summed E-state index contributed by atoms with van der Waals surface area (Å²) in [7, 11) is 0. The highest BCUT2D eigenvalue weighted by Crippen LogP contribution is 2.34. The van der Waals surface area contributed by atoms with Gasteiger partial charge >= 0.3 is 0 Å². The highest BCUT2D eigenvalue weighted by molar-refractivity contribution is 5.98. The Labute approximate surface area is 145 Å². The average Bonchev–Trinajstić information content (AvgIpc) is 3.06. The van der Waals surface area contributed by atoms with Crippen LogP contribution in [0.5, 0.6) is 0 Å². The molecule has 2 aromatic rings. The molecule has 1 aromatic heterocycles. The first-order valence-corrected chi connectivity index (χ1v) is 8.18. The Morgan fingerprint density at radius 2 is 1.96 bits per heavy atom. The van der Waals surface area contributed by atoms with Gasteiger partial charge in [0.15, 0.2) is 5.82 Å². The molecule has 126 valence electrons. The van der Waals surface area contributed by atoms with E-state index >= 15 is 0 Å². The Morgan fingerprint density at radius 3 is 2.60 bits per heavy atom. The Morgan fingerprint density at radius 1 is 1.24 bits per heavy atom. The van der Waals surface area contributed by atoms with Gasteiger partial charge in [-0.25, -0.2) is 0 Å². The van der Waals surface area contributed by atoms with Gasteiger partial charge in [0.1, 0.15) is 5.56 Å². The molecular weight excluding hydrogens is 316 g/mol. The average molecular weight is 334 g/mol. The third-order valence-corrected chi connectivity index (χ3v) is 4.51. The van der Waals surface area contributed by atoms with Crippen molar-refractivity contribution in [1.82, 2.24) is 9.78 Å². The van der Waals surface area contributed by atoms with Crippen LogP contribution in [0.1, 0.15) is 47.6 Å². The summed E-state index contributed by atoms with van der Waals surface area (Å²) >= 11 is 0. The lowest BCUT2D eigenvalue weighted by molar-refractivity contribution is 0.100. The quantitative estimate of drug-likeness (QED) is 0.890. The third-order valence-electron chi connectivity index (χ3n) is 4.51. The molecule has 0 bridgehead atoms. The molecule has 1 fully saturated rings. The molecule has 1 saturated carbocycles. The standard InChI is InChI=1S/C18H18N6O/c19-9-12-5-7-14(8-6-12)22-18-15(17(21)25)11-24(23-18)16-4-2-1-3-13(16)10-20/h5-8,11,13,16H,1-4H2,(H2,21,25)(H,22,23)/t13-,16+/m1/s1. The fraction of sp³-hybridized carbons (Fsp3) is 0.333. The van der Waals surface area contributed by atoms with Gasteiger partial charge in [-0.15, -0.1) is 0 Å². The van der Waals surface area contributed by atoms with E-state index in [2.05, 4.69) is 22.6 Å².